The fourth-order valence-electron chi connectivity index (χ4n) is 5.94. The normalized spacial score (nSPS) is 23.4. The molecular weight excluding hydrogens is 420 g/mol. The zero-order valence-corrected chi connectivity index (χ0v) is 20.0. The Hall–Kier alpha value is -3.40. The second-order valence-corrected chi connectivity index (χ2v) is 9.91. The number of fused-ring (bicyclic) bond motifs is 2. The SMILES string of the molecule is CN(C)C=CC(=O)c1ccc(C2(c3ccc(OCc4ccccn4)cc3)CC3CCC2C3)cc1. The molecule has 2 bridgehead atoms. The van der Waals surface area contributed by atoms with E-state index >= 15 is 0 Å². The fraction of sp³-hybridized carbons (Fsp3) is 0.333. The largest absolute Gasteiger partial charge is 0.487 e. The molecule has 1 aromatic heterocycles. The molecule has 2 aliphatic carbocycles. The molecule has 0 N–H and O–H groups in total. The third-order valence-corrected chi connectivity index (χ3v) is 7.54. The van der Waals surface area contributed by atoms with Crippen molar-refractivity contribution in [3.05, 3.63) is 108 Å². The number of carbonyl (C=O) groups excluding carboxylic acids is 1. The highest BCUT2D eigenvalue weighted by Crippen LogP contribution is 2.60. The van der Waals surface area contributed by atoms with Gasteiger partial charge in [0.05, 0.1) is 5.69 Å². The minimum atomic E-state index is 0.0173. The molecular formula is C30H32N2O2. The Morgan fingerprint density at radius 1 is 1.03 bits per heavy atom. The summed E-state index contributed by atoms with van der Waals surface area (Å²) in [7, 11) is 3.83. The molecule has 0 amide bonds. The van der Waals surface area contributed by atoms with Gasteiger partial charge in [-0.05, 0) is 66.5 Å². The topological polar surface area (TPSA) is 42.4 Å². The Morgan fingerprint density at radius 3 is 2.35 bits per heavy atom. The van der Waals surface area contributed by atoms with Crippen LogP contribution in [0, 0.1) is 11.8 Å². The van der Waals surface area contributed by atoms with E-state index in [2.05, 4.69) is 41.4 Å². The van der Waals surface area contributed by atoms with Crippen LogP contribution < -0.4 is 4.74 Å². The molecule has 2 aromatic carbocycles. The van der Waals surface area contributed by atoms with Crippen molar-refractivity contribution < 1.29 is 9.53 Å². The predicted octanol–water partition coefficient (Wildman–Crippen LogP) is 6.02. The summed E-state index contributed by atoms with van der Waals surface area (Å²) in [6.07, 6.45) is 10.3. The van der Waals surface area contributed by atoms with Gasteiger partial charge >= 0.3 is 0 Å². The summed E-state index contributed by atoms with van der Waals surface area (Å²) < 4.78 is 5.98. The van der Waals surface area contributed by atoms with Gasteiger partial charge in [-0.3, -0.25) is 9.78 Å². The number of hydrogen-bond acceptors (Lipinski definition) is 4. The van der Waals surface area contributed by atoms with Crippen LogP contribution in [0.5, 0.6) is 5.75 Å². The predicted molar refractivity (Wildman–Crippen MR) is 135 cm³/mol. The van der Waals surface area contributed by atoms with E-state index in [0.717, 1.165) is 22.9 Å². The van der Waals surface area contributed by atoms with Gasteiger partial charge in [-0.15, -0.1) is 0 Å². The summed E-state index contributed by atoms with van der Waals surface area (Å²) in [5.41, 5.74) is 4.36. The van der Waals surface area contributed by atoms with Crippen molar-refractivity contribution in [2.45, 2.75) is 37.7 Å². The number of ether oxygens (including phenoxy) is 1. The molecule has 3 atom stereocenters. The highest BCUT2D eigenvalue weighted by atomic mass is 16.5. The number of hydrogen-bond donors (Lipinski definition) is 0. The van der Waals surface area contributed by atoms with Gasteiger partial charge in [0.15, 0.2) is 5.78 Å². The average molecular weight is 453 g/mol. The average Bonchev–Trinajstić information content (AvgIpc) is 3.49. The van der Waals surface area contributed by atoms with Crippen LogP contribution in [0.15, 0.2) is 85.2 Å². The molecule has 3 aromatic rings. The molecule has 2 aliphatic rings. The fourth-order valence-corrected chi connectivity index (χ4v) is 5.94. The molecule has 174 valence electrons. The molecule has 0 aliphatic heterocycles. The maximum Gasteiger partial charge on any atom is 0.187 e. The quantitative estimate of drug-likeness (QED) is 0.309. The van der Waals surface area contributed by atoms with E-state index in [9.17, 15) is 4.79 Å². The van der Waals surface area contributed by atoms with Crippen LogP contribution in [0.1, 0.15) is 52.9 Å². The van der Waals surface area contributed by atoms with Crippen LogP contribution in [0.2, 0.25) is 0 Å². The molecule has 4 nitrogen and oxygen atoms in total. The second kappa shape index (κ2) is 9.46. The van der Waals surface area contributed by atoms with E-state index in [4.69, 9.17) is 4.74 Å². The molecule has 5 rings (SSSR count). The first kappa shape index (κ1) is 22.4. The van der Waals surface area contributed by atoms with Gasteiger partial charge in [0, 0.05) is 43.5 Å². The van der Waals surface area contributed by atoms with Crippen molar-refractivity contribution in [1.29, 1.82) is 0 Å². The Balaban J connectivity index is 1.39. The van der Waals surface area contributed by atoms with Crippen LogP contribution in [0.25, 0.3) is 0 Å². The minimum Gasteiger partial charge on any atom is -0.487 e. The minimum absolute atomic E-state index is 0.0173. The van der Waals surface area contributed by atoms with Crippen molar-refractivity contribution >= 4 is 5.78 Å². The standard InChI is InChI=1S/C30H32N2O2/c1-32(2)18-16-29(33)23-7-10-24(11-8-23)30(20-22-6-9-26(30)19-22)25-12-14-28(15-13-25)34-21-27-5-3-4-17-31-27/h3-5,7-8,10-18,22,26H,6,9,19-21H2,1-2H3. The molecule has 2 fully saturated rings. The number of rotatable bonds is 8. The molecule has 0 saturated heterocycles. The molecule has 0 spiro atoms. The summed E-state index contributed by atoms with van der Waals surface area (Å²) in [5, 5.41) is 0. The van der Waals surface area contributed by atoms with Crippen molar-refractivity contribution in [2.75, 3.05) is 14.1 Å². The summed E-state index contributed by atoms with van der Waals surface area (Å²) >= 11 is 0. The van der Waals surface area contributed by atoms with Crippen molar-refractivity contribution in [2.24, 2.45) is 11.8 Å². The zero-order chi connectivity index (χ0) is 23.5. The first-order chi connectivity index (χ1) is 16.5. The van der Waals surface area contributed by atoms with Gasteiger partial charge < -0.3 is 9.64 Å². The van der Waals surface area contributed by atoms with Crippen LogP contribution in [-0.2, 0) is 12.0 Å². The van der Waals surface area contributed by atoms with Crippen LogP contribution >= 0.6 is 0 Å². The van der Waals surface area contributed by atoms with E-state index in [1.165, 1.54) is 36.8 Å². The van der Waals surface area contributed by atoms with E-state index < -0.39 is 0 Å². The highest BCUT2D eigenvalue weighted by molar-refractivity contribution is 6.04. The maximum absolute atomic E-state index is 12.5. The molecule has 0 radical (unpaired) electrons. The number of nitrogens with zero attached hydrogens (tertiary/aromatic N) is 2. The Labute approximate surface area is 202 Å². The molecule has 3 unspecified atom stereocenters. The van der Waals surface area contributed by atoms with E-state index in [-0.39, 0.29) is 11.2 Å². The summed E-state index contributed by atoms with van der Waals surface area (Å²) in [5.74, 6) is 2.33. The third-order valence-electron chi connectivity index (χ3n) is 7.54. The van der Waals surface area contributed by atoms with Gasteiger partial charge in [-0.1, -0.05) is 48.9 Å². The molecule has 1 heterocycles. The number of allylic oxidation sites excluding steroid dienone is 1. The number of carbonyl (C=O) groups is 1. The first-order valence-electron chi connectivity index (χ1n) is 12.2. The van der Waals surface area contributed by atoms with Gasteiger partial charge in [-0.25, -0.2) is 0 Å². The zero-order valence-electron chi connectivity index (χ0n) is 20.0. The molecule has 34 heavy (non-hydrogen) atoms. The molecule has 4 heteroatoms. The number of benzene rings is 2. The smallest absolute Gasteiger partial charge is 0.187 e. The monoisotopic (exact) mass is 452 g/mol. The second-order valence-electron chi connectivity index (χ2n) is 9.91. The first-order valence-corrected chi connectivity index (χ1v) is 12.2. The Kier molecular flexibility index (Phi) is 6.23. The summed E-state index contributed by atoms with van der Waals surface area (Å²) in [6, 6.07) is 22.9. The van der Waals surface area contributed by atoms with Crippen LogP contribution in [0.4, 0.5) is 0 Å². The summed E-state index contributed by atoms with van der Waals surface area (Å²) in [4.78, 5) is 18.7. The lowest BCUT2D eigenvalue weighted by molar-refractivity contribution is 0.104. The van der Waals surface area contributed by atoms with E-state index in [1.807, 2.05) is 49.3 Å². The number of ketones is 1. The Bertz CT molecular complexity index is 1150. The number of aromatic nitrogens is 1. The highest BCUT2D eigenvalue weighted by Gasteiger charge is 2.52. The molecule has 2 saturated carbocycles. The lowest BCUT2D eigenvalue weighted by Gasteiger charge is -2.39. The van der Waals surface area contributed by atoms with Gasteiger partial charge in [0.2, 0.25) is 0 Å². The van der Waals surface area contributed by atoms with E-state index in [1.54, 1.807) is 18.5 Å². The van der Waals surface area contributed by atoms with E-state index in [0.29, 0.717) is 12.5 Å². The van der Waals surface area contributed by atoms with Gasteiger partial charge in [0.1, 0.15) is 12.4 Å². The lowest BCUT2D eigenvalue weighted by Crippen LogP contribution is -2.34. The van der Waals surface area contributed by atoms with Crippen LogP contribution in [0.3, 0.4) is 0 Å². The van der Waals surface area contributed by atoms with Gasteiger partial charge in [-0.2, -0.15) is 0 Å². The van der Waals surface area contributed by atoms with Crippen molar-refractivity contribution in [1.82, 2.24) is 9.88 Å². The van der Waals surface area contributed by atoms with Crippen molar-refractivity contribution in [3.8, 4) is 5.75 Å². The lowest BCUT2D eigenvalue weighted by atomic mass is 9.64. The van der Waals surface area contributed by atoms with Crippen LogP contribution in [-0.4, -0.2) is 29.8 Å². The third kappa shape index (κ3) is 4.37. The number of pyridine rings is 1. The Morgan fingerprint density at radius 2 is 1.76 bits per heavy atom. The maximum atomic E-state index is 12.5. The summed E-state index contributed by atoms with van der Waals surface area (Å²) in [6.45, 7) is 0.466. The van der Waals surface area contributed by atoms with Gasteiger partial charge in [0.25, 0.3) is 0 Å². The van der Waals surface area contributed by atoms with Crippen molar-refractivity contribution in [3.63, 3.8) is 0 Å².